The minimum absolute atomic E-state index is 0.0282. The van der Waals surface area contributed by atoms with Crippen molar-refractivity contribution in [1.82, 2.24) is 5.32 Å². The Morgan fingerprint density at radius 2 is 1.73 bits per heavy atom. The van der Waals surface area contributed by atoms with Crippen LogP contribution in [0.1, 0.15) is 65.7 Å². The van der Waals surface area contributed by atoms with Gasteiger partial charge in [-0.15, -0.1) is 0 Å². The molecule has 1 fully saturated rings. The minimum Gasteiger partial charge on any atom is -0.497 e. The molecule has 0 radical (unpaired) electrons. The Morgan fingerprint density at radius 1 is 0.919 bits per heavy atom. The van der Waals surface area contributed by atoms with Crippen LogP contribution in [0.5, 0.6) is 11.5 Å². The van der Waals surface area contributed by atoms with E-state index >= 15 is 0 Å². The second-order valence-electron chi connectivity index (χ2n) is 9.53. The smallest absolute Gasteiger partial charge is 0.242 e. The van der Waals surface area contributed by atoms with Gasteiger partial charge in [0.2, 0.25) is 5.91 Å². The molecule has 0 spiro atoms. The van der Waals surface area contributed by atoms with Crippen molar-refractivity contribution in [3.63, 3.8) is 0 Å². The number of benzene rings is 3. The maximum atomic E-state index is 12.1. The Hall–Kier alpha value is -3.18. The van der Waals surface area contributed by atoms with Gasteiger partial charge in [-0.05, 0) is 84.5 Å². The highest BCUT2D eigenvalue weighted by Gasteiger charge is 2.29. The van der Waals surface area contributed by atoms with E-state index in [1.54, 1.807) is 7.11 Å². The van der Waals surface area contributed by atoms with E-state index in [0.29, 0.717) is 0 Å². The Morgan fingerprint density at radius 3 is 2.46 bits per heavy atom. The van der Waals surface area contributed by atoms with Crippen LogP contribution >= 0.6 is 11.8 Å². The van der Waals surface area contributed by atoms with Crippen molar-refractivity contribution in [3.05, 3.63) is 106 Å². The number of aryl methyl sites for hydroxylation is 2. The molecule has 1 saturated heterocycles. The largest absolute Gasteiger partial charge is 0.497 e. The van der Waals surface area contributed by atoms with E-state index in [9.17, 15) is 4.79 Å². The van der Waals surface area contributed by atoms with Crippen LogP contribution < -0.4 is 14.8 Å². The first-order chi connectivity index (χ1) is 18.1. The number of ether oxygens (including phenoxy) is 2. The average Bonchev–Trinajstić information content (AvgIpc) is 3.25. The van der Waals surface area contributed by atoms with Gasteiger partial charge in [0, 0.05) is 0 Å². The number of unbranched alkanes of at least 4 members (excludes halogenated alkanes) is 2. The predicted octanol–water partition coefficient (Wildman–Crippen LogP) is 7.41. The molecule has 1 aliphatic rings. The molecule has 1 atom stereocenters. The summed E-state index contributed by atoms with van der Waals surface area (Å²) in [5.74, 6) is 1.93. The molecule has 1 N–H and O–H groups in total. The Labute approximate surface area is 225 Å². The summed E-state index contributed by atoms with van der Waals surface area (Å²) in [7, 11) is 1.69. The van der Waals surface area contributed by atoms with Gasteiger partial charge in [0.1, 0.15) is 16.7 Å². The third-order valence-electron chi connectivity index (χ3n) is 6.59. The molecule has 37 heavy (non-hydrogen) atoms. The lowest BCUT2D eigenvalue weighted by Crippen LogP contribution is -2.16. The van der Waals surface area contributed by atoms with E-state index < -0.39 is 0 Å². The third kappa shape index (κ3) is 7.65. The standard InChI is InChI=1S/C32H37NO3S/c1-4-9-27-22-26(20-25-13-16-29(35-3)17-14-25)15-18-30(27)36-19-7-5-6-10-24-11-8-12-28(21-24)31-32(34)33-23(2)37-31/h8,11-18,21-22,31H,2,4-7,9-10,19-20H2,1,3H3,(H,33,34). The summed E-state index contributed by atoms with van der Waals surface area (Å²) in [5.41, 5.74) is 6.21. The van der Waals surface area contributed by atoms with Gasteiger partial charge in [0.15, 0.2) is 0 Å². The van der Waals surface area contributed by atoms with Gasteiger partial charge >= 0.3 is 0 Å². The van der Waals surface area contributed by atoms with E-state index in [1.807, 2.05) is 18.2 Å². The fraction of sp³-hybridized carbons (Fsp3) is 0.344. The minimum atomic E-state index is -0.180. The summed E-state index contributed by atoms with van der Waals surface area (Å²) < 4.78 is 11.5. The van der Waals surface area contributed by atoms with Crippen molar-refractivity contribution in [2.45, 2.75) is 57.1 Å². The van der Waals surface area contributed by atoms with Crippen LogP contribution in [0.25, 0.3) is 0 Å². The van der Waals surface area contributed by atoms with E-state index in [-0.39, 0.29) is 11.2 Å². The maximum Gasteiger partial charge on any atom is 0.242 e. The molecule has 3 aromatic rings. The van der Waals surface area contributed by atoms with Crippen molar-refractivity contribution < 1.29 is 14.3 Å². The first-order valence-corrected chi connectivity index (χ1v) is 14.1. The Bertz CT molecular complexity index is 1200. The van der Waals surface area contributed by atoms with Crippen LogP contribution in [0.3, 0.4) is 0 Å². The first kappa shape index (κ1) is 26.9. The van der Waals surface area contributed by atoms with E-state index in [4.69, 9.17) is 9.47 Å². The molecule has 4 nitrogen and oxygen atoms in total. The number of carbonyl (C=O) groups is 1. The van der Waals surface area contributed by atoms with Crippen LogP contribution in [-0.2, 0) is 24.1 Å². The van der Waals surface area contributed by atoms with Crippen molar-refractivity contribution in [2.75, 3.05) is 13.7 Å². The van der Waals surface area contributed by atoms with Gasteiger partial charge in [-0.3, -0.25) is 4.79 Å². The lowest BCUT2D eigenvalue weighted by Gasteiger charge is -2.13. The van der Waals surface area contributed by atoms with Crippen LogP contribution in [0.4, 0.5) is 0 Å². The molecular formula is C32H37NO3S. The van der Waals surface area contributed by atoms with Crippen LogP contribution in [0.15, 0.2) is 78.3 Å². The summed E-state index contributed by atoms with van der Waals surface area (Å²) in [6.07, 6.45) is 7.27. The molecule has 4 rings (SSSR count). The molecule has 1 amide bonds. The SMILES string of the molecule is C=C1NC(=O)C(c2cccc(CCCCCOc3ccc(Cc4ccc(OC)cc4)cc3CCC)c2)S1. The zero-order chi connectivity index (χ0) is 26.0. The van der Waals surface area contributed by atoms with Crippen LogP contribution in [0.2, 0.25) is 0 Å². The molecule has 0 bridgehead atoms. The van der Waals surface area contributed by atoms with Crippen LogP contribution in [-0.4, -0.2) is 19.6 Å². The van der Waals surface area contributed by atoms with Crippen molar-refractivity contribution >= 4 is 17.7 Å². The fourth-order valence-electron chi connectivity index (χ4n) is 4.68. The molecular weight excluding hydrogens is 478 g/mol. The molecule has 0 aliphatic carbocycles. The summed E-state index contributed by atoms with van der Waals surface area (Å²) in [4.78, 5) is 12.1. The Balaban J connectivity index is 1.23. The molecule has 0 aromatic heterocycles. The number of amides is 1. The lowest BCUT2D eigenvalue weighted by atomic mass is 10.00. The number of nitrogens with one attached hydrogen (secondary N) is 1. The molecule has 0 saturated carbocycles. The number of methoxy groups -OCH3 is 1. The van der Waals surface area contributed by atoms with Gasteiger partial charge in [-0.25, -0.2) is 0 Å². The van der Waals surface area contributed by atoms with E-state index in [0.717, 1.165) is 73.6 Å². The molecule has 1 unspecified atom stereocenters. The quantitative estimate of drug-likeness (QED) is 0.241. The molecule has 5 heteroatoms. The number of hydrogen-bond donors (Lipinski definition) is 1. The van der Waals surface area contributed by atoms with Crippen molar-refractivity contribution in [3.8, 4) is 11.5 Å². The summed E-state index contributed by atoms with van der Waals surface area (Å²) in [6.45, 7) is 6.80. The normalized spacial score (nSPS) is 15.0. The number of rotatable bonds is 13. The molecule has 1 heterocycles. The number of hydrogen-bond acceptors (Lipinski definition) is 4. The lowest BCUT2D eigenvalue weighted by molar-refractivity contribution is -0.119. The molecule has 1 aliphatic heterocycles. The molecule has 3 aromatic carbocycles. The highest BCUT2D eigenvalue weighted by atomic mass is 32.2. The van der Waals surface area contributed by atoms with Gasteiger partial charge < -0.3 is 14.8 Å². The van der Waals surface area contributed by atoms with E-state index in [2.05, 4.69) is 67.4 Å². The van der Waals surface area contributed by atoms with Gasteiger partial charge in [-0.2, -0.15) is 0 Å². The summed E-state index contributed by atoms with van der Waals surface area (Å²) in [5, 5.41) is 3.36. The fourth-order valence-corrected chi connectivity index (χ4v) is 5.57. The monoisotopic (exact) mass is 515 g/mol. The maximum absolute atomic E-state index is 12.1. The first-order valence-electron chi connectivity index (χ1n) is 13.2. The highest BCUT2D eigenvalue weighted by molar-refractivity contribution is 8.04. The number of carbonyl (C=O) groups excluding carboxylic acids is 1. The van der Waals surface area contributed by atoms with Crippen molar-refractivity contribution in [1.29, 1.82) is 0 Å². The second kappa shape index (κ2) is 13.4. The van der Waals surface area contributed by atoms with Crippen LogP contribution in [0, 0.1) is 0 Å². The van der Waals surface area contributed by atoms with Gasteiger partial charge in [-0.1, -0.05) is 80.2 Å². The highest BCUT2D eigenvalue weighted by Crippen LogP contribution is 2.38. The second-order valence-corrected chi connectivity index (χ2v) is 10.7. The Kier molecular flexibility index (Phi) is 9.72. The van der Waals surface area contributed by atoms with Gasteiger partial charge in [0.05, 0.1) is 18.7 Å². The molecule has 194 valence electrons. The topological polar surface area (TPSA) is 47.6 Å². The van der Waals surface area contributed by atoms with E-state index in [1.165, 1.54) is 34.0 Å². The van der Waals surface area contributed by atoms with Crippen molar-refractivity contribution in [2.24, 2.45) is 0 Å². The number of thioether (sulfide) groups is 1. The zero-order valence-corrected chi connectivity index (χ0v) is 22.7. The average molecular weight is 516 g/mol. The zero-order valence-electron chi connectivity index (χ0n) is 21.9. The summed E-state index contributed by atoms with van der Waals surface area (Å²) in [6, 6.07) is 23.3. The summed E-state index contributed by atoms with van der Waals surface area (Å²) >= 11 is 1.50. The van der Waals surface area contributed by atoms with Gasteiger partial charge in [0.25, 0.3) is 0 Å². The predicted molar refractivity (Wildman–Crippen MR) is 153 cm³/mol. The third-order valence-corrected chi connectivity index (χ3v) is 7.70.